The molecule has 0 aliphatic carbocycles. The first-order valence-corrected chi connectivity index (χ1v) is 6.99. The first-order valence-electron chi connectivity index (χ1n) is 6.99. The quantitative estimate of drug-likeness (QED) is 0.902. The average Bonchev–Trinajstić information content (AvgIpc) is 2.39. The molecule has 112 valence electrons. The van der Waals surface area contributed by atoms with Gasteiger partial charge in [0.15, 0.2) is 0 Å². The summed E-state index contributed by atoms with van der Waals surface area (Å²) in [5.41, 5.74) is 0.128. The van der Waals surface area contributed by atoms with Crippen molar-refractivity contribution in [2.45, 2.75) is 31.5 Å². The summed E-state index contributed by atoms with van der Waals surface area (Å²) in [5, 5.41) is 10.0. The van der Waals surface area contributed by atoms with E-state index in [1.807, 2.05) is 11.9 Å². The predicted molar refractivity (Wildman–Crippen MR) is 72.4 cm³/mol. The lowest BCUT2D eigenvalue weighted by atomic mass is 10.1. The lowest BCUT2D eigenvalue weighted by Gasteiger charge is -2.28. The molecule has 1 saturated heterocycles. The van der Waals surface area contributed by atoms with Crippen molar-refractivity contribution >= 4 is 0 Å². The van der Waals surface area contributed by atoms with Crippen LogP contribution in [0.3, 0.4) is 0 Å². The predicted octanol–water partition coefficient (Wildman–Crippen LogP) is 2.50. The van der Waals surface area contributed by atoms with E-state index >= 15 is 0 Å². The maximum atomic E-state index is 13.6. The van der Waals surface area contributed by atoms with Crippen molar-refractivity contribution in [3.05, 3.63) is 35.4 Å². The van der Waals surface area contributed by atoms with E-state index in [0.717, 1.165) is 38.0 Å². The van der Waals surface area contributed by atoms with Crippen LogP contribution in [0.5, 0.6) is 0 Å². The Labute approximate surface area is 118 Å². The molecule has 1 fully saturated rings. The van der Waals surface area contributed by atoms with Gasteiger partial charge in [0, 0.05) is 31.3 Å². The van der Waals surface area contributed by atoms with Crippen LogP contribution in [0.4, 0.5) is 8.78 Å². The van der Waals surface area contributed by atoms with Crippen LogP contribution in [-0.4, -0.2) is 42.9 Å². The smallest absolute Gasteiger partial charge is 0.131 e. The Kier molecular flexibility index (Phi) is 5.46. The molecule has 0 spiro atoms. The summed E-state index contributed by atoms with van der Waals surface area (Å²) in [5.74, 6) is -1.35. The highest BCUT2D eigenvalue weighted by Gasteiger charge is 2.19. The number of rotatable bonds is 5. The number of likely N-dealkylation sites (N-methyl/N-ethyl adjacent to an activating group) is 1. The molecule has 1 aliphatic heterocycles. The van der Waals surface area contributed by atoms with Crippen LogP contribution in [0.1, 0.15) is 30.9 Å². The number of benzene rings is 1. The zero-order chi connectivity index (χ0) is 14.5. The molecule has 0 aromatic heterocycles. The second kappa shape index (κ2) is 7.11. The highest BCUT2D eigenvalue weighted by molar-refractivity contribution is 5.21. The first kappa shape index (κ1) is 15.4. The Morgan fingerprint density at radius 3 is 2.85 bits per heavy atom. The summed E-state index contributed by atoms with van der Waals surface area (Å²) in [6.07, 6.45) is 2.49. The summed E-state index contributed by atoms with van der Waals surface area (Å²) in [6.45, 7) is 1.79. The molecule has 5 heteroatoms. The number of halogens is 2. The Hall–Kier alpha value is -1.04. The second-order valence-electron chi connectivity index (χ2n) is 5.39. The van der Waals surface area contributed by atoms with Crippen molar-refractivity contribution in [3.8, 4) is 0 Å². The molecular weight excluding hydrogens is 264 g/mol. The van der Waals surface area contributed by atoms with Crippen molar-refractivity contribution in [3.63, 3.8) is 0 Å². The largest absolute Gasteiger partial charge is 0.387 e. The molecule has 0 saturated carbocycles. The Morgan fingerprint density at radius 2 is 2.20 bits per heavy atom. The molecular formula is C15H21F2NO2. The number of ether oxygens (including phenoxy) is 1. The third-order valence-corrected chi connectivity index (χ3v) is 3.60. The van der Waals surface area contributed by atoms with E-state index in [1.165, 1.54) is 6.07 Å². The zero-order valence-corrected chi connectivity index (χ0v) is 11.7. The van der Waals surface area contributed by atoms with Crippen molar-refractivity contribution in [2.75, 3.05) is 26.7 Å². The van der Waals surface area contributed by atoms with Crippen LogP contribution >= 0.6 is 0 Å². The fourth-order valence-electron chi connectivity index (χ4n) is 2.54. The fraction of sp³-hybridized carbons (Fsp3) is 0.600. The number of hydrogen-bond donors (Lipinski definition) is 1. The van der Waals surface area contributed by atoms with Gasteiger partial charge in [0.1, 0.15) is 11.6 Å². The van der Waals surface area contributed by atoms with E-state index in [2.05, 4.69) is 0 Å². The van der Waals surface area contributed by atoms with Gasteiger partial charge in [-0.1, -0.05) is 6.07 Å². The minimum atomic E-state index is -0.968. The summed E-state index contributed by atoms with van der Waals surface area (Å²) >= 11 is 0. The summed E-state index contributed by atoms with van der Waals surface area (Å²) in [4.78, 5) is 1.92. The van der Waals surface area contributed by atoms with Gasteiger partial charge >= 0.3 is 0 Å². The molecule has 1 aliphatic rings. The van der Waals surface area contributed by atoms with Gasteiger partial charge in [0.05, 0.1) is 12.2 Å². The van der Waals surface area contributed by atoms with Gasteiger partial charge < -0.3 is 14.7 Å². The normalized spacial score (nSPS) is 21.1. The van der Waals surface area contributed by atoms with E-state index in [4.69, 9.17) is 4.74 Å². The molecule has 20 heavy (non-hydrogen) atoms. The van der Waals surface area contributed by atoms with Gasteiger partial charge in [-0.3, -0.25) is 0 Å². The second-order valence-corrected chi connectivity index (χ2v) is 5.39. The molecule has 2 unspecified atom stereocenters. The minimum Gasteiger partial charge on any atom is -0.387 e. The van der Waals surface area contributed by atoms with Crippen molar-refractivity contribution < 1.29 is 18.6 Å². The fourth-order valence-corrected chi connectivity index (χ4v) is 2.54. The summed E-state index contributed by atoms with van der Waals surface area (Å²) in [7, 11) is 1.86. The molecule has 3 nitrogen and oxygen atoms in total. The van der Waals surface area contributed by atoms with Gasteiger partial charge in [0.2, 0.25) is 0 Å². The number of hydrogen-bond acceptors (Lipinski definition) is 3. The lowest BCUT2D eigenvalue weighted by molar-refractivity contribution is -0.00813. The standard InChI is InChI=1S/C15H21F2NO2/c1-18(9-12-4-2-3-7-20-12)10-15(19)13-6-5-11(16)8-14(13)17/h5-6,8,12,15,19H,2-4,7,9-10H2,1H3. The van der Waals surface area contributed by atoms with E-state index in [1.54, 1.807) is 0 Å². The molecule has 1 aromatic rings. The molecule has 1 heterocycles. The molecule has 0 radical (unpaired) electrons. The average molecular weight is 285 g/mol. The van der Waals surface area contributed by atoms with E-state index in [-0.39, 0.29) is 11.7 Å². The zero-order valence-electron chi connectivity index (χ0n) is 11.7. The maximum absolute atomic E-state index is 13.6. The minimum absolute atomic E-state index is 0.128. The third-order valence-electron chi connectivity index (χ3n) is 3.60. The Balaban J connectivity index is 1.87. The van der Waals surface area contributed by atoms with Crippen LogP contribution in [-0.2, 0) is 4.74 Å². The van der Waals surface area contributed by atoms with Crippen LogP contribution in [0.15, 0.2) is 18.2 Å². The van der Waals surface area contributed by atoms with Crippen molar-refractivity contribution in [1.82, 2.24) is 4.90 Å². The SMILES string of the molecule is CN(CC1CCCCO1)CC(O)c1ccc(F)cc1F. The number of aliphatic hydroxyl groups excluding tert-OH is 1. The van der Waals surface area contributed by atoms with Crippen LogP contribution in [0.25, 0.3) is 0 Å². The van der Waals surface area contributed by atoms with Crippen LogP contribution in [0, 0.1) is 11.6 Å². The van der Waals surface area contributed by atoms with Gasteiger partial charge in [-0.2, -0.15) is 0 Å². The molecule has 0 bridgehead atoms. The Morgan fingerprint density at radius 1 is 1.40 bits per heavy atom. The van der Waals surface area contributed by atoms with Gasteiger partial charge in [-0.25, -0.2) is 8.78 Å². The lowest BCUT2D eigenvalue weighted by Crippen LogP contribution is -2.35. The number of aliphatic hydroxyl groups is 1. The Bertz CT molecular complexity index is 436. The van der Waals surface area contributed by atoms with Gasteiger partial charge in [0.25, 0.3) is 0 Å². The van der Waals surface area contributed by atoms with Gasteiger partial charge in [-0.05, 0) is 32.4 Å². The number of nitrogens with zero attached hydrogens (tertiary/aromatic N) is 1. The van der Waals surface area contributed by atoms with Crippen LogP contribution < -0.4 is 0 Å². The maximum Gasteiger partial charge on any atom is 0.131 e. The molecule has 0 amide bonds. The molecule has 1 aromatic carbocycles. The summed E-state index contributed by atoms with van der Waals surface area (Å²) in [6, 6.07) is 3.25. The topological polar surface area (TPSA) is 32.7 Å². The van der Waals surface area contributed by atoms with E-state index < -0.39 is 17.7 Å². The van der Waals surface area contributed by atoms with Gasteiger partial charge in [-0.15, -0.1) is 0 Å². The van der Waals surface area contributed by atoms with Crippen molar-refractivity contribution in [2.24, 2.45) is 0 Å². The highest BCUT2D eigenvalue weighted by atomic mass is 19.1. The third kappa shape index (κ3) is 4.23. The van der Waals surface area contributed by atoms with Crippen LogP contribution in [0.2, 0.25) is 0 Å². The molecule has 1 N–H and O–H groups in total. The molecule has 2 atom stereocenters. The van der Waals surface area contributed by atoms with E-state index in [0.29, 0.717) is 13.1 Å². The highest BCUT2D eigenvalue weighted by Crippen LogP contribution is 2.20. The van der Waals surface area contributed by atoms with Crippen molar-refractivity contribution in [1.29, 1.82) is 0 Å². The molecule has 2 rings (SSSR count). The monoisotopic (exact) mass is 285 g/mol. The van der Waals surface area contributed by atoms with E-state index in [9.17, 15) is 13.9 Å². The first-order chi connectivity index (χ1) is 9.56. The summed E-state index contributed by atoms with van der Waals surface area (Å²) < 4.78 is 32.0.